The second-order valence-corrected chi connectivity index (χ2v) is 16.8. The van der Waals surface area contributed by atoms with Crippen molar-refractivity contribution in [3.05, 3.63) is 72.3 Å². The molecule has 6 atom stereocenters. The molecule has 4 N–H and O–H groups in total. The number of fused-ring (bicyclic) bond motifs is 2. The number of H-pyrrole nitrogens is 2. The van der Waals surface area contributed by atoms with E-state index in [4.69, 9.17) is 19.4 Å². The van der Waals surface area contributed by atoms with E-state index in [2.05, 4.69) is 83.0 Å². The zero-order valence-corrected chi connectivity index (χ0v) is 35.9. The second kappa shape index (κ2) is 17.7. The first kappa shape index (κ1) is 42.2. The van der Waals surface area contributed by atoms with Gasteiger partial charge in [-0.05, 0) is 96.9 Å². The molecule has 60 heavy (non-hydrogen) atoms. The van der Waals surface area contributed by atoms with E-state index in [1.165, 1.54) is 14.2 Å². The number of ether oxygens (including phenoxy) is 2. The molecule has 5 aromatic rings. The summed E-state index contributed by atoms with van der Waals surface area (Å²) in [5.41, 5.74) is 7.60. The topological polar surface area (TPSA) is 175 Å². The number of aromatic nitrogens is 4. The number of likely N-dealkylation sites (tertiary alicyclic amines) is 2. The highest BCUT2D eigenvalue weighted by molar-refractivity contribution is 5.89. The molecule has 14 nitrogen and oxygen atoms in total. The van der Waals surface area contributed by atoms with Gasteiger partial charge in [0.05, 0.1) is 48.4 Å². The molecule has 0 saturated carbocycles. The summed E-state index contributed by atoms with van der Waals surface area (Å²) >= 11 is 0. The fraction of sp³-hybridized carbons (Fsp3) is 0.478. The number of hydrogen-bond acceptors (Lipinski definition) is 8. The zero-order valence-electron chi connectivity index (χ0n) is 35.9. The normalized spacial score (nSPS) is 20.2. The molecule has 2 aliphatic rings. The number of hydrogen-bond donors (Lipinski definition) is 4. The van der Waals surface area contributed by atoms with Crippen molar-refractivity contribution in [3.8, 4) is 22.3 Å². The quantitative estimate of drug-likeness (QED) is 0.0971. The molecule has 0 spiro atoms. The standard InChI is InChI=1S/C46H58N8O6/c1-9-31-17-21-37(53(31)43(55)39(25(3)4)51-45(57)59-7)41-47-33-19-15-29(23-35(33)49-41)27-11-13-28(14-12-27)30-16-20-34-36(24-30)50-42(48-34)38-22-18-32(10-2)54(38)44(56)40(26(5)6)52-46(58)60-8/h11-16,19-20,23-26,31-32,37-40H,9-10,17-18,21-22H2,1-8H3,(H,47,49)(H,48,50)(H,51,57)(H,52,58)/t31-,32-,37+,38?,39+,40+/m1/s1. The van der Waals surface area contributed by atoms with E-state index in [0.29, 0.717) is 0 Å². The van der Waals surface area contributed by atoms with Crippen LogP contribution in [0.15, 0.2) is 60.7 Å². The zero-order chi connectivity index (χ0) is 42.8. The molecule has 1 unspecified atom stereocenters. The van der Waals surface area contributed by atoms with Crippen LogP contribution in [0.2, 0.25) is 0 Å². The van der Waals surface area contributed by atoms with Crippen molar-refractivity contribution in [2.75, 3.05) is 14.2 Å². The first-order chi connectivity index (χ1) is 28.8. The van der Waals surface area contributed by atoms with Crippen molar-refractivity contribution in [3.63, 3.8) is 0 Å². The lowest BCUT2D eigenvalue weighted by Gasteiger charge is -2.33. The number of nitrogens with one attached hydrogen (secondary N) is 4. The maximum absolute atomic E-state index is 14.0. The SMILES string of the molecule is CC[C@@H]1CCC(c2nc3ccc(-c4ccc(-c5ccc6nc([C@@H]7CC[C@@H](CC)N7C(=O)[C@@H](NC(=O)OC)C(C)C)[nH]c6c5)cc4)cc3[nH]2)N1C(=O)[C@@H](NC(=O)OC)C(C)C. The fourth-order valence-electron chi connectivity index (χ4n) is 9.08. The highest BCUT2D eigenvalue weighted by atomic mass is 16.5. The van der Waals surface area contributed by atoms with Crippen LogP contribution in [-0.2, 0) is 19.1 Å². The van der Waals surface area contributed by atoms with Crippen molar-refractivity contribution >= 4 is 46.1 Å². The predicted molar refractivity (Wildman–Crippen MR) is 231 cm³/mol. The van der Waals surface area contributed by atoms with Crippen molar-refractivity contribution < 1.29 is 28.7 Å². The van der Waals surface area contributed by atoms with Crippen LogP contribution < -0.4 is 10.6 Å². The van der Waals surface area contributed by atoms with Gasteiger partial charge in [0.25, 0.3) is 0 Å². The summed E-state index contributed by atoms with van der Waals surface area (Å²) in [4.78, 5) is 73.1. The van der Waals surface area contributed by atoms with E-state index in [-0.39, 0.29) is 47.8 Å². The Hall–Kier alpha value is -5.92. The van der Waals surface area contributed by atoms with E-state index in [1.54, 1.807) is 0 Å². The maximum Gasteiger partial charge on any atom is 0.407 e. The number of rotatable bonds is 12. The fourth-order valence-corrected chi connectivity index (χ4v) is 9.08. The number of amides is 4. The summed E-state index contributed by atoms with van der Waals surface area (Å²) in [6.07, 6.45) is 3.64. The summed E-state index contributed by atoms with van der Waals surface area (Å²) in [6, 6.07) is 19.0. The van der Waals surface area contributed by atoms with Gasteiger partial charge < -0.3 is 39.9 Å². The summed E-state index contributed by atoms with van der Waals surface area (Å²) in [5.74, 6) is 0.998. The largest absolute Gasteiger partial charge is 0.453 e. The molecule has 4 heterocycles. The van der Waals surface area contributed by atoms with Gasteiger partial charge in [0, 0.05) is 12.1 Å². The minimum Gasteiger partial charge on any atom is -0.453 e. The third-order valence-corrected chi connectivity index (χ3v) is 12.4. The van der Waals surface area contributed by atoms with Crippen LogP contribution in [0.25, 0.3) is 44.3 Å². The van der Waals surface area contributed by atoms with Crippen LogP contribution in [0.5, 0.6) is 0 Å². The van der Waals surface area contributed by atoms with Crippen molar-refractivity contribution in [2.24, 2.45) is 11.8 Å². The number of carbonyl (C=O) groups is 4. The summed E-state index contributed by atoms with van der Waals surface area (Å²) < 4.78 is 9.66. The van der Waals surface area contributed by atoms with Crippen LogP contribution in [0.4, 0.5) is 9.59 Å². The van der Waals surface area contributed by atoms with Gasteiger partial charge in [0.2, 0.25) is 11.8 Å². The summed E-state index contributed by atoms with van der Waals surface area (Å²) in [7, 11) is 2.60. The lowest BCUT2D eigenvalue weighted by molar-refractivity contribution is -0.138. The van der Waals surface area contributed by atoms with Crippen molar-refractivity contribution in [1.29, 1.82) is 0 Å². The van der Waals surface area contributed by atoms with Crippen LogP contribution in [0.3, 0.4) is 0 Å². The Kier molecular flexibility index (Phi) is 12.5. The second-order valence-electron chi connectivity index (χ2n) is 16.8. The van der Waals surface area contributed by atoms with Crippen molar-refractivity contribution in [2.45, 2.75) is 116 Å². The Balaban J connectivity index is 1.09. The van der Waals surface area contributed by atoms with Gasteiger partial charge in [-0.25, -0.2) is 19.6 Å². The highest BCUT2D eigenvalue weighted by Gasteiger charge is 2.43. The Morgan fingerprint density at radius 2 is 0.983 bits per heavy atom. The van der Waals surface area contributed by atoms with Gasteiger partial charge >= 0.3 is 12.2 Å². The van der Waals surface area contributed by atoms with E-state index >= 15 is 0 Å². The van der Waals surface area contributed by atoms with Crippen molar-refractivity contribution in [1.82, 2.24) is 40.4 Å². The number of alkyl carbamates (subject to hydrolysis) is 2. The third kappa shape index (κ3) is 8.28. The first-order valence-electron chi connectivity index (χ1n) is 21.3. The lowest BCUT2D eigenvalue weighted by Crippen LogP contribution is -2.53. The molecule has 4 amide bonds. The molecule has 7 rings (SSSR count). The molecule has 2 saturated heterocycles. The molecule has 318 valence electrons. The average molecular weight is 819 g/mol. The molecule has 0 aliphatic carbocycles. The Bertz CT molecular complexity index is 2190. The monoisotopic (exact) mass is 818 g/mol. The summed E-state index contributed by atoms with van der Waals surface area (Å²) in [5, 5.41) is 5.51. The molecule has 14 heteroatoms. The number of aromatic amines is 2. The van der Waals surface area contributed by atoms with Gasteiger partial charge in [0.15, 0.2) is 0 Å². The van der Waals surface area contributed by atoms with Crippen LogP contribution in [0.1, 0.15) is 104 Å². The van der Waals surface area contributed by atoms with E-state index in [1.807, 2.05) is 49.6 Å². The van der Waals surface area contributed by atoms with Gasteiger partial charge in [-0.1, -0.05) is 77.9 Å². The molecule has 2 aromatic heterocycles. The van der Waals surface area contributed by atoms with Gasteiger partial charge in [-0.3, -0.25) is 9.59 Å². The smallest absolute Gasteiger partial charge is 0.407 e. The molecule has 2 fully saturated rings. The van der Waals surface area contributed by atoms with Crippen LogP contribution in [-0.4, -0.2) is 92.1 Å². The average Bonchev–Trinajstić information content (AvgIpc) is 4.07. The molecule has 3 aromatic carbocycles. The maximum atomic E-state index is 14.0. The number of methoxy groups -OCH3 is 2. The highest BCUT2D eigenvalue weighted by Crippen LogP contribution is 2.40. The molecule has 0 bridgehead atoms. The van der Waals surface area contributed by atoms with E-state index in [9.17, 15) is 19.2 Å². The lowest BCUT2D eigenvalue weighted by atomic mass is 10.00. The number of imidazole rings is 2. The minimum atomic E-state index is -0.708. The molecular weight excluding hydrogens is 761 g/mol. The van der Waals surface area contributed by atoms with Gasteiger partial charge in [0.1, 0.15) is 23.7 Å². The molecule has 0 radical (unpaired) electrons. The number of benzene rings is 3. The third-order valence-electron chi connectivity index (χ3n) is 12.4. The van der Waals surface area contributed by atoms with E-state index < -0.39 is 24.3 Å². The Morgan fingerprint density at radius 3 is 1.32 bits per heavy atom. The Labute approximate surface area is 351 Å². The first-order valence-corrected chi connectivity index (χ1v) is 21.3. The van der Waals surface area contributed by atoms with Crippen LogP contribution >= 0.6 is 0 Å². The predicted octanol–water partition coefficient (Wildman–Crippen LogP) is 8.42. The minimum absolute atomic E-state index is 0.0456. The van der Waals surface area contributed by atoms with E-state index in [0.717, 1.165) is 94.5 Å². The molecule has 2 aliphatic heterocycles. The van der Waals surface area contributed by atoms with Gasteiger partial charge in [-0.15, -0.1) is 0 Å². The molecular formula is C46H58N8O6. The number of carbonyl (C=O) groups excluding carboxylic acids is 4. The Morgan fingerprint density at radius 1 is 0.617 bits per heavy atom. The number of nitrogens with zero attached hydrogens (tertiary/aromatic N) is 4. The van der Waals surface area contributed by atoms with Crippen LogP contribution in [0, 0.1) is 11.8 Å². The van der Waals surface area contributed by atoms with Gasteiger partial charge in [-0.2, -0.15) is 0 Å². The summed E-state index contributed by atoms with van der Waals surface area (Å²) in [6.45, 7) is 11.8.